The molecule has 1 rings (SSSR count). The lowest BCUT2D eigenvalue weighted by atomic mass is 10.1. The van der Waals surface area contributed by atoms with Gasteiger partial charge >= 0.3 is 0 Å². The van der Waals surface area contributed by atoms with Crippen molar-refractivity contribution in [3.8, 4) is 0 Å². The van der Waals surface area contributed by atoms with Crippen LogP contribution >= 0.6 is 0 Å². The van der Waals surface area contributed by atoms with Gasteiger partial charge in [0.2, 0.25) is 5.91 Å². The minimum Gasteiger partial charge on any atom is -0.353 e. The third kappa shape index (κ3) is 6.40. The lowest BCUT2D eigenvalue weighted by Gasteiger charge is -2.13. The summed E-state index contributed by atoms with van der Waals surface area (Å²) >= 11 is 0. The number of nitrogens with one attached hydrogen (secondary N) is 1. The molecule has 1 aromatic carbocycles. The Balaban J connectivity index is 2.19. The molecule has 0 aliphatic heterocycles. The number of nitrogens with two attached hydrogens (primary N) is 1. The molecule has 0 radical (unpaired) electrons. The molecule has 0 heterocycles. The summed E-state index contributed by atoms with van der Waals surface area (Å²) in [4.78, 5) is 11.7. The van der Waals surface area contributed by atoms with Crippen LogP contribution in [0.3, 0.4) is 0 Å². The number of hydrogen-bond donors (Lipinski definition) is 2. The van der Waals surface area contributed by atoms with Gasteiger partial charge < -0.3 is 11.1 Å². The summed E-state index contributed by atoms with van der Waals surface area (Å²) in [5.41, 5.74) is 6.67. The Labute approximate surface area is 110 Å². The molecule has 1 atom stereocenters. The van der Waals surface area contributed by atoms with E-state index in [0.717, 1.165) is 25.7 Å². The zero-order chi connectivity index (χ0) is 13.2. The molecule has 3 nitrogen and oxygen atoms in total. The van der Waals surface area contributed by atoms with Gasteiger partial charge in [-0.1, -0.05) is 36.8 Å². The molecule has 1 amide bonds. The fourth-order valence-electron chi connectivity index (χ4n) is 1.97. The fraction of sp³-hybridized carbons (Fsp3) is 0.533. The van der Waals surface area contributed by atoms with Crippen molar-refractivity contribution >= 4 is 5.91 Å². The van der Waals surface area contributed by atoms with Crippen molar-refractivity contribution < 1.29 is 4.79 Å². The Morgan fingerprint density at radius 1 is 1.22 bits per heavy atom. The molecule has 0 saturated heterocycles. The number of hydrogen-bond acceptors (Lipinski definition) is 2. The van der Waals surface area contributed by atoms with Crippen molar-refractivity contribution in [1.29, 1.82) is 0 Å². The maximum Gasteiger partial charge on any atom is 0.220 e. The van der Waals surface area contributed by atoms with E-state index in [1.807, 2.05) is 25.1 Å². The van der Waals surface area contributed by atoms with E-state index in [1.54, 1.807) is 0 Å². The van der Waals surface area contributed by atoms with Crippen LogP contribution in [-0.2, 0) is 11.2 Å². The van der Waals surface area contributed by atoms with Gasteiger partial charge in [-0.15, -0.1) is 0 Å². The van der Waals surface area contributed by atoms with Crippen molar-refractivity contribution in [3.05, 3.63) is 35.9 Å². The SMILES string of the molecule is C[C@@H](Cc1ccccc1)NC(=O)CCCCCN. The number of rotatable bonds is 8. The van der Waals surface area contributed by atoms with Crippen LogP contribution in [0.4, 0.5) is 0 Å². The van der Waals surface area contributed by atoms with Gasteiger partial charge in [0.15, 0.2) is 0 Å². The van der Waals surface area contributed by atoms with Crippen LogP contribution < -0.4 is 11.1 Å². The van der Waals surface area contributed by atoms with E-state index in [2.05, 4.69) is 17.4 Å². The van der Waals surface area contributed by atoms with Crippen molar-refractivity contribution in [2.24, 2.45) is 5.73 Å². The molecule has 0 saturated carbocycles. The molecule has 100 valence electrons. The average Bonchev–Trinajstić information content (AvgIpc) is 2.35. The normalized spacial score (nSPS) is 12.1. The van der Waals surface area contributed by atoms with Crippen LogP contribution in [0.15, 0.2) is 30.3 Å². The molecular weight excluding hydrogens is 224 g/mol. The standard InChI is InChI=1S/C15H24N2O/c1-13(12-14-8-4-2-5-9-14)17-15(18)10-6-3-7-11-16/h2,4-5,8-9,13H,3,6-7,10-12,16H2,1H3,(H,17,18)/t13-/m0/s1. The predicted octanol–water partition coefficient (Wildman–Crippen LogP) is 2.25. The summed E-state index contributed by atoms with van der Waals surface area (Å²) in [5, 5.41) is 3.04. The highest BCUT2D eigenvalue weighted by Crippen LogP contribution is 2.04. The molecule has 3 heteroatoms. The van der Waals surface area contributed by atoms with E-state index in [1.165, 1.54) is 5.56 Å². The molecule has 0 aliphatic carbocycles. The van der Waals surface area contributed by atoms with Gasteiger partial charge in [-0.3, -0.25) is 4.79 Å². The molecule has 3 N–H and O–H groups in total. The van der Waals surface area contributed by atoms with E-state index < -0.39 is 0 Å². The first kappa shape index (κ1) is 14.7. The minimum absolute atomic E-state index is 0.149. The molecule has 0 bridgehead atoms. The van der Waals surface area contributed by atoms with Gasteiger partial charge in [0, 0.05) is 12.5 Å². The maximum atomic E-state index is 11.7. The number of carbonyl (C=O) groups is 1. The Hall–Kier alpha value is -1.35. The molecule has 1 aromatic rings. The molecule has 18 heavy (non-hydrogen) atoms. The average molecular weight is 248 g/mol. The van der Waals surface area contributed by atoms with Gasteiger partial charge in [0.05, 0.1) is 0 Å². The zero-order valence-corrected chi connectivity index (χ0v) is 11.2. The van der Waals surface area contributed by atoms with E-state index in [4.69, 9.17) is 5.73 Å². The van der Waals surface area contributed by atoms with Gasteiger partial charge in [0.1, 0.15) is 0 Å². The number of unbranched alkanes of at least 4 members (excludes halogenated alkanes) is 2. The summed E-state index contributed by atoms with van der Waals surface area (Å²) in [5.74, 6) is 0.149. The zero-order valence-electron chi connectivity index (χ0n) is 11.2. The fourth-order valence-corrected chi connectivity index (χ4v) is 1.97. The first-order chi connectivity index (χ1) is 8.72. The van der Waals surface area contributed by atoms with Gasteiger partial charge in [-0.05, 0) is 38.3 Å². The summed E-state index contributed by atoms with van der Waals surface area (Å²) in [6.07, 6.45) is 4.47. The number of amides is 1. The van der Waals surface area contributed by atoms with Crippen molar-refractivity contribution in [2.45, 2.75) is 45.1 Å². The summed E-state index contributed by atoms with van der Waals surface area (Å²) in [6, 6.07) is 10.4. The molecule has 0 fully saturated rings. The van der Waals surface area contributed by atoms with Crippen molar-refractivity contribution in [3.63, 3.8) is 0 Å². The second-order valence-electron chi connectivity index (χ2n) is 4.76. The van der Waals surface area contributed by atoms with Crippen LogP contribution in [-0.4, -0.2) is 18.5 Å². The lowest BCUT2D eigenvalue weighted by molar-refractivity contribution is -0.121. The van der Waals surface area contributed by atoms with Crippen LogP contribution in [0.1, 0.15) is 38.2 Å². The second kappa shape index (κ2) is 8.70. The predicted molar refractivity (Wildman–Crippen MR) is 75.3 cm³/mol. The maximum absolute atomic E-state index is 11.7. The molecule has 0 spiro atoms. The van der Waals surface area contributed by atoms with Crippen LogP contribution in [0.5, 0.6) is 0 Å². The number of benzene rings is 1. The molecule has 0 aliphatic rings. The largest absolute Gasteiger partial charge is 0.353 e. The first-order valence-corrected chi connectivity index (χ1v) is 6.75. The van der Waals surface area contributed by atoms with Gasteiger partial charge in [-0.25, -0.2) is 0 Å². The monoisotopic (exact) mass is 248 g/mol. The van der Waals surface area contributed by atoms with Crippen molar-refractivity contribution in [1.82, 2.24) is 5.32 Å². The quantitative estimate of drug-likeness (QED) is 0.693. The molecule has 0 unspecified atom stereocenters. The van der Waals surface area contributed by atoms with Crippen LogP contribution in [0.2, 0.25) is 0 Å². The van der Waals surface area contributed by atoms with Crippen molar-refractivity contribution in [2.75, 3.05) is 6.54 Å². The second-order valence-corrected chi connectivity index (χ2v) is 4.76. The minimum atomic E-state index is 0.149. The van der Waals surface area contributed by atoms with E-state index >= 15 is 0 Å². The van der Waals surface area contributed by atoms with Crippen LogP contribution in [0, 0.1) is 0 Å². The summed E-state index contributed by atoms with van der Waals surface area (Å²) in [6.45, 7) is 2.76. The van der Waals surface area contributed by atoms with Gasteiger partial charge in [0.25, 0.3) is 0 Å². The first-order valence-electron chi connectivity index (χ1n) is 6.75. The Morgan fingerprint density at radius 2 is 1.94 bits per heavy atom. The Morgan fingerprint density at radius 3 is 2.61 bits per heavy atom. The molecule has 0 aromatic heterocycles. The number of carbonyl (C=O) groups excluding carboxylic acids is 1. The van der Waals surface area contributed by atoms with Crippen LogP contribution in [0.25, 0.3) is 0 Å². The van der Waals surface area contributed by atoms with E-state index in [-0.39, 0.29) is 11.9 Å². The highest BCUT2D eigenvalue weighted by molar-refractivity contribution is 5.76. The topological polar surface area (TPSA) is 55.1 Å². The van der Waals surface area contributed by atoms with E-state index in [0.29, 0.717) is 13.0 Å². The smallest absolute Gasteiger partial charge is 0.220 e. The third-order valence-corrected chi connectivity index (χ3v) is 2.90. The van der Waals surface area contributed by atoms with E-state index in [9.17, 15) is 4.79 Å². The highest BCUT2D eigenvalue weighted by atomic mass is 16.1. The summed E-state index contributed by atoms with van der Waals surface area (Å²) < 4.78 is 0. The third-order valence-electron chi connectivity index (χ3n) is 2.90. The lowest BCUT2D eigenvalue weighted by Crippen LogP contribution is -2.33. The highest BCUT2D eigenvalue weighted by Gasteiger charge is 2.07. The van der Waals surface area contributed by atoms with Gasteiger partial charge in [-0.2, -0.15) is 0 Å². The Kier molecular flexibility index (Phi) is 7.11. The molecular formula is C15H24N2O. The summed E-state index contributed by atoms with van der Waals surface area (Å²) in [7, 11) is 0. The Bertz CT molecular complexity index is 338.